The number of aryl methyl sites for hydroxylation is 1. The molecule has 1 N–H and O–H groups in total. The number of aromatic nitrogens is 6. The van der Waals surface area contributed by atoms with Gasteiger partial charge in [0.25, 0.3) is 5.56 Å². The molecule has 1 saturated heterocycles. The van der Waals surface area contributed by atoms with Crippen LogP contribution in [-0.4, -0.2) is 47.0 Å². The average molecular weight is 458 g/mol. The third-order valence-corrected chi connectivity index (χ3v) is 6.70. The van der Waals surface area contributed by atoms with E-state index >= 15 is 0 Å². The predicted molar refractivity (Wildman–Crippen MR) is 126 cm³/mol. The number of fused-ring (bicyclic) bond motifs is 2. The SMILES string of the molecule is Cc1ccc(F)cc1-c1ncc2c(=O)[nH]c(C3CN(Cc4cn5ccccc5n4)CC3C)nn12. The van der Waals surface area contributed by atoms with Gasteiger partial charge in [0.2, 0.25) is 0 Å². The van der Waals surface area contributed by atoms with Crippen molar-refractivity contribution >= 4 is 11.2 Å². The van der Waals surface area contributed by atoms with Crippen molar-refractivity contribution in [2.45, 2.75) is 26.3 Å². The maximum atomic E-state index is 13.9. The molecule has 5 aromatic rings. The molecule has 0 spiro atoms. The van der Waals surface area contributed by atoms with E-state index in [2.05, 4.69) is 28.0 Å². The van der Waals surface area contributed by atoms with Crippen LogP contribution < -0.4 is 5.56 Å². The van der Waals surface area contributed by atoms with Crippen LogP contribution in [0.5, 0.6) is 0 Å². The van der Waals surface area contributed by atoms with Crippen molar-refractivity contribution in [2.75, 3.05) is 13.1 Å². The molecule has 1 aliphatic rings. The average Bonchev–Trinajstić information content (AvgIpc) is 3.51. The maximum Gasteiger partial charge on any atom is 0.276 e. The summed E-state index contributed by atoms with van der Waals surface area (Å²) in [5.41, 5.74) is 3.52. The Balaban J connectivity index is 1.32. The van der Waals surface area contributed by atoms with Crippen molar-refractivity contribution in [3.05, 3.63) is 88.2 Å². The lowest BCUT2D eigenvalue weighted by Gasteiger charge is -2.15. The van der Waals surface area contributed by atoms with Gasteiger partial charge in [-0.15, -0.1) is 0 Å². The van der Waals surface area contributed by atoms with E-state index in [0.29, 0.717) is 28.6 Å². The summed E-state index contributed by atoms with van der Waals surface area (Å²) in [6, 6.07) is 10.5. The van der Waals surface area contributed by atoms with Crippen LogP contribution in [0.3, 0.4) is 0 Å². The fraction of sp³-hybridized carbons (Fsp3) is 0.280. The highest BCUT2D eigenvalue weighted by molar-refractivity contribution is 5.64. The zero-order chi connectivity index (χ0) is 23.4. The molecule has 2 unspecified atom stereocenters. The van der Waals surface area contributed by atoms with E-state index in [4.69, 9.17) is 10.1 Å². The standard InChI is InChI=1S/C25H24FN7O/c1-15-6-7-17(26)9-19(15)24-27-10-21-25(34)29-23(30-33(21)24)20-14-31(11-16(20)2)12-18-13-32-8-4-3-5-22(32)28-18/h3-10,13,16,20H,11-12,14H2,1-2H3,(H,29,30,34). The van der Waals surface area contributed by atoms with Crippen LogP contribution in [-0.2, 0) is 6.54 Å². The lowest BCUT2D eigenvalue weighted by atomic mass is 9.97. The van der Waals surface area contributed by atoms with Gasteiger partial charge in [0.15, 0.2) is 11.3 Å². The minimum absolute atomic E-state index is 0.0537. The molecule has 1 aromatic carbocycles. The van der Waals surface area contributed by atoms with Crippen LogP contribution in [0, 0.1) is 18.7 Å². The Morgan fingerprint density at radius 1 is 1.21 bits per heavy atom. The van der Waals surface area contributed by atoms with E-state index in [0.717, 1.165) is 36.5 Å². The second-order valence-corrected chi connectivity index (χ2v) is 9.15. The van der Waals surface area contributed by atoms with E-state index < -0.39 is 0 Å². The lowest BCUT2D eigenvalue weighted by molar-refractivity contribution is 0.315. The number of H-pyrrole nitrogens is 1. The second-order valence-electron chi connectivity index (χ2n) is 9.15. The van der Waals surface area contributed by atoms with E-state index in [1.807, 2.05) is 35.7 Å². The van der Waals surface area contributed by atoms with Crippen LogP contribution in [0.25, 0.3) is 22.6 Å². The number of hydrogen-bond donors (Lipinski definition) is 1. The number of nitrogens with one attached hydrogen (secondary N) is 1. The Bertz CT molecular complexity index is 1550. The van der Waals surface area contributed by atoms with Crippen molar-refractivity contribution in [1.82, 2.24) is 33.9 Å². The minimum atomic E-state index is -0.352. The molecule has 0 saturated carbocycles. The lowest BCUT2D eigenvalue weighted by Crippen LogP contribution is -2.23. The monoisotopic (exact) mass is 457 g/mol. The minimum Gasteiger partial charge on any atom is -0.307 e. The fourth-order valence-electron chi connectivity index (χ4n) is 4.95. The van der Waals surface area contributed by atoms with Gasteiger partial charge in [0.1, 0.15) is 17.3 Å². The first kappa shape index (κ1) is 20.7. The van der Waals surface area contributed by atoms with Gasteiger partial charge in [-0.1, -0.05) is 19.1 Å². The van der Waals surface area contributed by atoms with Crippen LogP contribution in [0.1, 0.15) is 29.9 Å². The highest BCUT2D eigenvalue weighted by Crippen LogP contribution is 2.31. The Morgan fingerprint density at radius 2 is 2.09 bits per heavy atom. The summed E-state index contributed by atoms with van der Waals surface area (Å²) in [5, 5.41) is 4.78. The Labute approximate surface area is 194 Å². The number of nitrogens with zero attached hydrogens (tertiary/aromatic N) is 6. The van der Waals surface area contributed by atoms with Crippen LogP contribution >= 0.6 is 0 Å². The normalized spacial score (nSPS) is 18.9. The largest absolute Gasteiger partial charge is 0.307 e. The Morgan fingerprint density at radius 3 is 2.94 bits per heavy atom. The molecule has 9 heteroatoms. The number of pyridine rings is 1. The summed E-state index contributed by atoms with van der Waals surface area (Å²) in [6.45, 7) is 6.42. The first-order valence-corrected chi connectivity index (χ1v) is 11.4. The molecule has 0 radical (unpaired) electrons. The molecule has 0 aliphatic carbocycles. The summed E-state index contributed by atoms with van der Waals surface area (Å²) in [7, 11) is 0. The number of halogens is 1. The van der Waals surface area contributed by atoms with E-state index in [9.17, 15) is 9.18 Å². The third kappa shape index (κ3) is 3.49. The zero-order valence-corrected chi connectivity index (χ0v) is 18.9. The summed E-state index contributed by atoms with van der Waals surface area (Å²) < 4.78 is 17.5. The maximum absolute atomic E-state index is 13.9. The number of benzene rings is 1. The fourth-order valence-corrected chi connectivity index (χ4v) is 4.95. The second kappa shape index (κ2) is 7.88. The number of hydrogen-bond acceptors (Lipinski definition) is 5. The van der Waals surface area contributed by atoms with Crippen molar-refractivity contribution in [2.24, 2.45) is 5.92 Å². The Hall–Kier alpha value is -3.85. The molecule has 0 bridgehead atoms. The molecule has 1 aliphatic heterocycles. The van der Waals surface area contributed by atoms with Crippen LogP contribution in [0.15, 0.2) is 59.8 Å². The highest BCUT2D eigenvalue weighted by atomic mass is 19.1. The van der Waals surface area contributed by atoms with Gasteiger partial charge in [-0.2, -0.15) is 5.10 Å². The quantitative estimate of drug-likeness (QED) is 0.447. The molecule has 8 nitrogen and oxygen atoms in total. The first-order valence-electron chi connectivity index (χ1n) is 11.4. The topological polar surface area (TPSA) is 83.6 Å². The highest BCUT2D eigenvalue weighted by Gasteiger charge is 2.33. The summed E-state index contributed by atoms with van der Waals surface area (Å²) in [6.07, 6.45) is 5.54. The molecule has 34 heavy (non-hydrogen) atoms. The van der Waals surface area contributed by atoms with Gasteiger partial charge in [-0.25, -0.2) is 18.9 Å². The van der Waals surface area contributed by atoms with Crippen molar-refractivity contribution < 1.29 is 4.39 Å². The summed E-state index contributed by atoms with van der Waals surface area (Å²) >= 11 is 0. The molecule has 172 valence electrons. The van der Waals surface area contributed by atoms with Crippen LogP contribution in [0.2, 0.25) is 0 Å². The van der Waals surface area contributed by atoms with E-state index in [1.165, 1.54) is 18.3 Å². The molecular weight excluding hydrogens is 433 g/mol. The summed E-state index contributed by atoms with van der Waals surface area (Å²) in [5.74, 6) is 1.08. The molecule has 2 atom stereocenters. The molecule has 5 heterocycles. The number of likely N-dealkylation sites (tertiary alicyclic amines) is 1. The van der Waals surface area contributed by atoms with Crippen molar-refractivity contribution in [1.29, 1.82) is 0 Å². The molecule has 6 rings (SSSR count). The van der Waals surface area contributed by atoms with Gasteiger partial charge in [0, 0.05) is 43.5 Å². The van der Waals surface area contributed by atoms with Crippen molar-refractivity contribution in [3.63, 3.8) is 0 Å². The van der Waals surface area contributed by atoms with E-state index in [-0.39, 0.29) is 17.3 Å². The summed E-state index contributed by atoms with van der Waals surface area (Å²) in [4.78, 5) is 27.3. The molecule has 0 amide bonds. The first-order chi connectivity index (χ1) is 16.5. The molecule has 1 fully saturated rings. The number of aromatic amines is 1. The van der Waals surface area contributed by atoms with Gasteiger partial charge in [-0.05, 0) is 42.7 Å². The predicted octanol–water partition coefficient (Wildman–Crippen LogP) is 3.42. The Kier molecular flexibility index (Phi) is 4.80. The zero-order valence-electron chi connectivity index (χ0n) is 18.9. The third-order valence-electron chi connectivity index (χ3n) is 6.70. The molecular formula is C25H24FN7O. The van der Waals surface area contributed by atoms with Gasteiger partial charge >= 0.3 is 0 Å². The van der Waals surface area contributed by atoms with Crippen molar-refractivity contribution in [3.8, 4) is 11.4 Å². The van der Waals surface area contributed by atoms with Crippen LogP contribution in [0.4, 0.5) is 4.39 Å². The molecule has 4 aromatic heterocycles. The van der Waals surface area contributed by atoms with E-state index in [1.54, 1.807) is 10.6 Å². The van der Waals surface area contributed by atoms with Gasteiger partial charge < -0.3 is 9.38 Å². The number of imidazole rings is 2. The number of rotatable bonds is 4. The smallest absolute Gasteiger partial charge is 0.276 e. The van der Waals surface area contributed by atoms with Gasteiger partial charge in [-0.3, -0.25) is 9.69 Å². The van der Waals surface area contributed by atoms with Gasteiger partial charge in [0.05, 0.1) is 11.9 Å².